The maximum absolute atomic E-state index is 5.91. The number of hydrogen-bond acceptors (Lipinski definition) is 5. The van der Waals surface area contributed by atoms with Gasteiger partial charge in [0.15, 0.2) is 0 Å². The van der Waals surface area contributed by atoms with Gasteiger partial charge in [-0.3, -0.25) is 0 Å². The Balaban J connectivity index is 2.88. The second-order valence-electron chi connectivity index (χ2n) is 4.95. The van der Waals surface area contributed by atoms with E-state index < -0.39 is 0 Å². The summed E-state index contributed by atoms with van der Waals surface area (Å²) < 4.78 is 10.6. The van der Waals surface area contributed by atoms with Crippen LogP contribution in [-0.4, -0.2) is 30.4 Å². The number of thioether (sulfide) groups is 1. The average Bonchev–Trinajstić information content (AvgIpc) is 2.77. The Kier molecular flexibility index (Phi) is 7.31. The molecule has 0 aliphatic carbocycles. The molecule has 0 saturated heterocycles. The van der Waals surface area contributed by atoms with Gasteiger partial charge in [0, 0.05) is 24.3 Å². The minimum absolute atomic E-state index is 0.217. The summed E-state index contributed by atoms with van der Waals surface area (Å²) in [4.78, 5) is 0. The predicted molar refractivity (Wildman–Crippen MR) is 81.7 cm³/mol. The monoisotopic (exact) mass is 286 g/mol. The van der Waals surface area contributed by atoms with E-state index in [0.29, 0.717) is 11.8 Å². The van der Waals surface area contributed by atoms with E-state index in [0.717, 1.165) is 42.7 Å². The van der Waals surface area contributed by atoms with Crippen molar-refractivity contribution >= 4 is 17.6 Å². The number of rotatable bonds is 9. The Morgan fingerprint density at radius 3 is 2.79 bits per heavy atom. The Morgan fingerprint density at radius 1 is 1.47 bits per heavy atom. The van der Waals surface area contributed by atoms with E-state index in [-0.39, 0.29) is 6.10 Å². The molecule has 1 rings (SSSR count). The molecule has 1 heterocycles. The number of methoxy groups -OCH3 is 1. The molecule has 0 aromatic carbocycles. The molecule has 19 heavy (non-hydrogen) atoms. The summed E-state index contributed by atoms with van der Waals surface area (Å²) in [5.41, 5.74) is 8.04. The highest BCUT2D eigenvalue weighted by Gasteiger charge is 2.23. The van der Waals surface area contributed by atoms with Gasteiger partial charge in [0.25, 0.3) is 0 Å². The lowest BCUT2D eigenvalue weighted by Crippen LogP contribution is -2.15. The highest BCUT2D eigenvalue weighted by atomic mass is 32.2. The van der Waals surface area contributed by atoms with Crippen LogP contribution >= 0.6 is 11.8 Å². The lowest BCUT2D eigenvalue weighted by Gasteiger charge is -2.18. The van der Waals surface area contributed by atoms with Crippen molar-refractivity contribution in [2.45, 2.75) is 51.6 Å². The highest BCUT2D eigenvalue weighted by molar-refractivity contribution is 7.98. The van der Waals surface area contributed by atoms with E-state index in [2.05, 4.69) is 25.3 Å². The zero-order valence-corrected chi connectivity index (χ0v) is 13.3. The summed E-state index contributed by atoms with van der Waals surface area (Å²) in [6.45, 7) is 4.26. The van der Waals surface area contributed by atoms with Crippen molar-refractivity contribution < 1.29 is 9.26 Å². The standard InChI is InChI=1S/C14H26N2O2S/c1-5-6-7-12-13(16-18-14(12)15)11(9-19-4)8-10(2)17-3/h10-11H,5-9,15H2,1-4H3. The van der Waals surface area contributed by atoms with Crippen molar-refractivity contribution in [3.63, 3.8) is 0 Å². The number of nitrogen functional groups attached to an aromatic ring is 1. The molecule has 0 bridgehead atoms. The fourth-order valence-corrected chi connectivity index (χ4v) is 2.91. The van der Waals surface area contributed by atoms with Gasteiger partial charge in [0.2, 0.25) is 5.88 Å². The molecule has 2 unspecified atom stereocenters. The third-order valence-corrected chi connectivity index (χ3v) is 4.14. The molecule has 2 atom stereocenters. The third kappa shape index (κ3) is 4.73. The van der Waals surface area contributed by atoms with E-state index in [9.17, 15) is 0 Å². The van der Waals surface area contributed by atoms with E-state index in [1.165, 1.54) is 0 Å². The van der Waals surface area contributed by atoms with Crippen LogP contribution in [0.4, 0.5) is 5.88 Å². The van der Waals surface area contributed by atoms with Gasteiger partial charge < -0.3 is 15.0 Å². The zero-order valence-electron chi connectivity index (χ0n) is 12.4. The quantitative estimate of drug-likeness (QED) is 0.753. The first-order chi connectivity index (χ1) is 9.13. The normalized spacial score (nSPS) is 14.5. The number of nitrogens with zero attached hydrogens (tertiary/aromatic N) is 1. The van der Waals surface area contributed by atoms with Gasteiger partial charge in [0.1, 0.15) is 0 Å². The number of ether oxygens (including phenoxy) is 1. The molecule has 0 fully saturated rings. The maximum Gasteiger partial charge on any atom is 0.225 e. The molecule has 2 N–H and O–H groups in total. The summed E-state index contributed by atoms with van der Waals surface area (Å²) in [6.07, 6.45) is 6.49. The van der Waals surface area contributed by atoms with E-state index in [1.807, 2.05) is 11.8 Å². The molecule has 0 saturated carbocycles. The smallest absolute Gasteiger partial charge is 0.225 e. The van der Waals surface area contributed by atoms with Crippen molar-refractivity contribution in [2.75, 3.05) is 24.9 Å². The number of nitrogens with two attached hydrogens (primary N) is 1. The molecular weight excluding hydrogens is 260 g/mol. The minimum atomic E-state index is 0.217. The summed E-state index contributed by atoms with van der Waals surface area (Å²) in [5, 5.41) is 4.21. The Bertz CT molecular complexity index is 368. The van der Waals surface area contributed by atoms with Crippen LogP contribution < -0.4 is 5.73 Å². The molecule has 0 radical (unpaired) electrons. The van der Waals surface area contributed by atoms with Gasteiger partial charge in [-0.25, -0.2) is 0 Å². The average molecular weight is 286 g/mol. The van der Waals surface area contributed by atoms with Crippen LogP contribution in [0.1, 0.15) is 50.3 Å². The van der Waals surface area contributed by atoms with Gasteiger partial charge in [-0.15, -0.1) is 0 Å². The van der Waals surface area contributed by atoms with E-state index in [4.69, 9.17) is 15.0 Å². The highest BCUT2D eigenvalue weighted by Crippen LogP contribution is 2.31. The number of hydrogen-bond donors (Lipinski definition) is 1. The molecule has 110 valence electrons. The number of anilines is 1. The molecule has 0 spiro atoms. The predicted octanol–water partition coefficient (Wildman–Crippen LogP) is 3.47. The van der Waals surface area contributed by atoms with Gasteiger partial charge in [0.05, 0.1) is 11.8 Å². The Labute approximate surface area is 120 Å². The fourth-order valence-electron chi connectivity index (χ4n) is 2.22. The summed E-state index contributed by atoms with van der Waals surface area (Å²) in [6, 6.07) is 0. The van der Waals surface area contributed by atoms with Crippen LogP contribution in [0.2, 0.25) is 0 Å². The molecule has 0 aliphatic heterocycles. The van der Waals surface area contributed by atoms with Crippen LogP contribution in [0.5, 0.6) is 0 Å². The minimum Gasteiger partial charge on any atom is -0.382 e. The topological polar surface area (TPSA) is 61.3 Å². The summed E-state index contributed by atoms with van der Waals surface area (Å²) >= 11 is 1.82. The van der Waals surface area contributed by atoms with Gasteiger partial charge in [-0.05, 0) is 32.4 Å². The maximum atomic E-state index is 5.91. The largest absolute Gasteiger partial charge is 0.382 e. The van der Waals surface area contributed by atoms with Gasteiger partial charge in [-0.1, -0.05) is 18.5 Å². The van der Waals surface area contributed by atoms with Crippen molar-refractivity contribution in [3.8, 4) is 0 Å². The summed E-state index contributed by atoms with van der Waals surface area (Å²) in [7, 11) is 1.75. The van der Waals surface area contributed by atoms with Crippen LogP contribution in [0.15, 0.2) is 4.52 Å². The Hall–Kier alpha value is -0.680. The van der Waals surface area contributed by atoms with Crippen LogP contribution in [-0.2, 0) is 11.2 Å². The molecule has 5 heteroatoms. The van der Waals surface area contributed by atoms with Crippen molar-refractivity contribution in [1.29, 1.82) is 0 Å². The number of unbranched alkanes of at least 4 members (excludes halogenated alkanes) is 1. The van der Waals surface area contributed by atoms with Crippen molar-refractivity contribution in [2.24, 2.45) is 0 Å². The molecule has 1 aromatic heterocycles. The van der Waals surface area contributed by atoms with E-state index >= 15 is 0 Å². The van der Waals surface area contributed by atoms with Crippen molar-refractivity contribution in [3.05, 3.63) is 11.3 Å². The number of aromatic nitrogens is 1. The SMILES string of the molecule is CCCCc1c(C(CSC)CC(C)OC)noc1N. The van der Waals surface area contributed by atoms with Crippen LogP contribution in [0, 0.1) is 0 Å². The lowest BCUT2D eigenvalue weighted by atomic mass is 9.95. The molecule has 0 amide bonds. The first-order valence-electron chi connectivity index (χ1n) is 6.89. The molecule has 1 aromatic rings. The van der Waals surface area contributed by atoms with Crippen LogP contribution in [0.25, 0.3) is 0 Å². The second-order valence-corrected chi connectivity index (χ2v) is 5.86. The first kappa shape index (κ1) is 16.4. The second kappa shape index (κ2) is 8.48. The summed E-state index contributed by atoms with van der Waals surface area (Å²) in [5.74, 6) is 1.84. The third-order valence-electron chi connectivity index (χ3n) is 3.40. The zero-order chi connectivity index (χ0) is 14.3. The molecule has 0 aliphatic rings. The van der Waals surface area contributed by atoms with E-state index in [1.54, 1.807) is 7.11 Å². The van der Waals surface area contributed by atoms with Crippen molar-refractivity contribution in [1.82, 2.24) is 5.16 Å². The molecule has 4 nitrogen and oxygen atoms in total. The Morgan fingerprint density at radius 2 is 2.21 bits per heavy atom. The first-order valence-corrected chi connectivity index (χ1v) is 8.29. The fraction of sp³-hybridized carbons (Fsp3) is 0.786. The molecular formula is C14H26N2O2S. The van der Waals surface area contributed by atoms with Crippen LogP contribution in [0.3, 0.4) is 0 Å². The lowest BCUT2D eigenvalue weighted by molar-refractivity contribution is 0.105. The van der Waals surface area contributed by atoms with Gasteiger partial charge in [-0.2, -0.15) is 11.8 Å². The van der Waals surface area contributed by atoms with Gasteiger partial charge >= 0.3 is 0 Å².